The smallest absolute Gasteiger partial charge is 0.242 e. The molecule has 0 aromatic heterocycles. The first kappa shape index (κ1) is 31.1. The van der Waals surface area contributed by atoms with Crippen LogP contribution in [0, 0.1) is 13.8 Å². The van der Waals surface area contributed by atoms with Crippen LogP contribution in [0.2, 0.25) is 0 Å². The van der Waals surface area contributed by atoms with Crippen molar-refractivity contribution >= 4 is 27.5 Å². The maximum Gasteiger partial charge on any atom is 0.242 e. The lowest BCUT2D eigenvalue weighted by molar-refractivity contribution is -0.141. The number of hydrogen-bond donors (Lipinski definition) is 1. The second-order valence-electron chi connectivity index (χ2n) is 9.65. The van der Waals surface area contributed by atoms with Crippen molar-refractivity contribution in [3.05, 3.63) is 59.2 Å². The molecule has 2 aromatic carbocycles. The molecule has 2 rings (SSSR count). The van der Waals surface area contributed by atoms with Crippen LogP contribution in [0.25, 0.3) is 0 Å². The van der Waals surface area contributed by atoms with Crippen LogP contribution in [0.15, 0.2) is 42.5 Å². The Morgan fingerprint density at radius 2 is 1.68 bits per heavy atom. The Balaban J connectivity index is 2.21. The first-order valence-corrected chi connectivity index (χ1v) is 15.1. The van der Waals surface area contributed by atoms with Crippen molar-refractivity contribution in [2.75, 3.05) is 30.8 Å². The normalized spacial score (nSPS) is 12.1. The fraction of sp³-hybridized carbons (Fsp3) is 0.517. The number of unbranched alkanes of at least 4 members (excludes halogenated alkanes) is 1. The van der Waals surface area contributed by atoms with E-state index in [-0.39, 0.29) is 31.3 Å². The molecule has 0 spiro atoms. The average Bonchev–Trinajstić information content (AvgIpc) is 2.88. The highest BCUT2D eigenvalue weighted by molar-refractivity contribution is 7.92. The minimum absolute atomic E-state index is 0.117. The van der Waals surface area contributed by atoms with Gasteiger partial charge in [-0.25, -0.2) is 8.42 Å². The Bertz CT molecular complexity index is 1170. The molecule has 0 saturated carbocycles. The van der Waals surface area contributed by atoms with Gasteiger partial charge in [0.15, 0.2) is 0 Å². The van der Waals surface area contributed by atoms with Crippen LogP contribution in [0.1, 0.15) is 62.6 Å². The van der Waals surface area contributed by atoms with E-state index in [4.69, 9.17) is 4.74 Å². The molecule has 210 valence electrons. The van der Waals surface area contributed by atoms with Crippen LogP contribution in [0.4, 0.5) is 5.69 Å². The molecule has 0 heterocycles. The number of amides is 2. The van der Waals surface area contributed by atoms with Crippen LogP contribution in [0.3, 0.4) is 0 Å². The Morgan fingerprint density at radius 3 is 2.24 bits per heavy atom. The minimum Gasteiger partial charge on any atom is -0.497 e. The molecule has 2 aromatic rings. The van der Waals surface area contributed by atoms with Gasteiger partial charge in [0.25, 0.3) is 0 Å². The summed E-state index contributed by atoms with van der Waals surface area (Å²) in [5.74, 6) is 0.353. The maximum absolute atomic E-state index is 13.5. The molecule has 38 heavy (non-hydrogen) atoms. The fourth-order valence-corrected chi connectivity index (χ4v) is 5.20. The summed E-state index contributed by atoms with van der Waals surface area (Å²) in [4.78, 5) is 28.2. The van der Waals surface area contributed by atoms with Crippen LogP contribution in [-0.2, 0) is 26.2 Å². The third kappa shape index (κ3) is 9.04. The van der Waals surface area contributed by atoms with Crippen molar-refractivity contribution in [1.82, 2.24) is 10.2 Å². The van der Waals surface area contributed by atoms with Crippen LogP contribution >= 0.6 is 0 Å². The van der Waals surface area contributed by atoms with Gasteiger partial charge in [-0.15, -0.1) is 0 Å². The monoisotopic (exact) mass is 545 g/mol. The number of nitrogens with one attached hydrogen (secondary N) is 1. The summed E-state index contributed by atoms with van der Waals surface area (Å²) in [5.41, 5.74) is 3.54. The van der Waals surface area contributed by atoms with E-state index in [0.29, 0.717) is 30.8 Å². The minimum atomic E-state index is -3.54. The first-order chi connectivity index (χ1) is 18.0. The Morgan fingerprint density at radius 1 is 1.00 bits per heavy atom. The number of aryl methyl sites for hydroxylation is 2. The number of carbonyl (C=O) groups is 2. The van der Waals surface area contributed by atoms with Crippen LogP contribution in [0.5, 0.6) is 5.75 Å². The van der Waals surface area contributed by atoms with Crippen molar-refractivity contribution in [3.63, 3.8) is 0 Å². The summed E-state index contributed by atoms with van der Waals surface area (Å²) in [6, 6.07) is 12.3. The van der Waals surface area contributed by atoms with Gasteiger partial charge in [0.2, 0.25) is 21.8 Å². The number of carbonyl (C=O) groups excluding carboxylic acids is 2. The molecule has 0 bridgehead atoms. The Kier molecular flexibility index (Phi) is 12.1. The van der Waals surface area contributed by atoms with Crippen molar-refractivity contribution in [2.45, 2.75) is 72.4 Å². The molecule has 0 radical (unpaired) electrons. The van der Waals surface area contributed by atoms with E-state index in [1.165, 1.54) is 10.6 Å². The zero-order valence-electron chi connectivity index (χ0n) is 23.6. The molecule has 0 aliphatic carbocycles. The summed E-state index contributed by atoms with van der Waals surface area (Å²) in [7, 11) is -1.94. The lowest BCUT2D eigenvalue weighted by atomic mass is 10.1. The molecule has 0 unspecified atom stereocenters. The van der Waals surface area contributed by atoms with Gasteiger partial charge >= 0.3 is 0 Å². The zero-order chi connectivity index (χ0) is 28.3. The summed E-state index contributed by atoms with van der Waals surface area (Å²) in [6.07, 6.45) is 3.92. The van der Waals surface area contributed by atoms with Crippen LogP contribution < -0.4 is 14.4 Å². The van der Waals surface area contributed by atoms with Gasteiger partial charge in [-0.2, -0.15) is 0 Å². The van der Waals surface area contributed by atoms with E-state index in [2.05, 4.69) is 12.2 Å². The lowest BCUT2D eigenvalue weighted by Crippen LogP contribution is -2.49. The number of rotatable bonds is 15. The fourth-order valence-electron chi connectivity index (χ4n) is 4.24. The van der Waals surface area contributed by atoms with Gasteiger partial charge in [-0.05, 0) is 74.1 Å². The molecular weight excluding hydrogens is 502 g/mol. The average molecular weight is 546 g/mol. The van der Waals surface area contributed by atoms with Gasteiger partial charge in [0, 0.05) is 26.1 Å². The summed E-state index contributed by atoms with van der Waals surface area (Å²) < 4.78 is 31.7. The Hall–Kier alpha value is -3.07. The SMILES string of the molecule is CCCCNC(=O)[C@H](CC)N(Cc1ccc(OC)cc1)C(=O)CCCN(c1ccc(C)c(C)c1)S(C)(=O)=O. The first-order valence-electron chi connectivity index (χ1n) is 13.3. The van der Waals surface area contributed by atoms with Gasteiger partial charge in [-0.1, -0.05) is 38.5 Å². The van der Waals surface area contributed by atoms with Crippen molar-refractivity contribution < 1.29 is 22.7 Å². The molecule has 1 atom stereocenters. The predicted octanol–water partition coefficient (Wildman–Crippen LogP) is 4.58. The van der Waals surface area contributed by atoms with Crippen LogP contribution in [-0.4, -0.2) is 57.6 Å². The van der Waals surface area contributed by atoms with Gasteiger partial charge in [0.05, 0.1) is 19.1 Å². The molecular formula is C29H43N3O5S. The largest absolute Gasteiger partial charge is 0.497 e. The molecule has 1 N–H and O–H groups in total. The van der Waals surface area contributed by atoms with Gasteiger partial charge in [-0.3, -0.25) is 13.9 Å². The van der Waals surface area contributed by atoms with Gasteiger partial charge in [0.1, 0.15) is 11.8 Å². The quantitative estimate of drug-likeness (QED) is 0.331. The van der Waals surface area contributed by atoms with Gasteiger partial charge < -0.3 is 15.0 Å². The molecule has 0 saturated heterocycles. The highest BCUT2D eigenvalue weighted by Gasteiger charge is 2.28. The zero-order valence-corrected chi connectivity index (χ0v) is 24.4. The number of anilines is 1. The third-order valence-corrected chi connectivity index (χ3v) is 7.85. The van der Waals surface area contributed by atoms with Crippen molar-refractivity contribution in [1.29, 1.82) is 0 Å². The number of methoxy groups -OCH3 is 1. The summed E-state index contributed by atoms with van der Waals surface area (Å²) >= 11 is 0. The predicted molar refractivity (Wildman–Crippen MR) is 153 cm³/mol. The number of nitrogens with zero attached hydrogens (tertiary/aromatic N) is 2. The number of sulfonamides is 1. The van der Waals surface area contributed by atoms with E-state index in [1.54, 1.807) is 18.1 Å². The topological polar surface area (TPSA) is 96.0 Å². The second-order valence-corrected chi connectivity index (χ2v) is 11.6. The van der Waals surface area contributed by atoms with E-state index in [0.717, 1.165) is 29.5 Å². The number of hydrogen-bond acceptors (Lipinski definition) is 5. The highest BCUT2D eigenvalue weighted by Crippen LogP contribution is 2.23. The molecule has 0 fully saturated rings. The molecule has 9 heteroatoms. The Labute approximate surface area is 228 Å². The molecule has 2 amide bonds. The number of ether oxygens (including phenoxy) is 1. The summed E-state index contributed by atoms with van der Waals surface area (Å²) in [6.45, 7) is 8.87. The lowest BCUT2D eigenvalue weighted by Gasteiger charge is -2.31. The van der Waals surface area contributed by atoms with Crippen molar-refractivity contribution in [2.24, 2.45) is 0 Å². The molecule has 0 aliphatic heterocycles. The van der Waals surface area contributed by atoms with E-state index < -0.39 is 16.1 Å². The third-order valence-electron chi connectivity index (χ3n) is 6.66. The number of benzene rings is 2. The van der Waals surface area contributed by atoms with E-state index >= 15 is 0 Å². The van der Waals surface area contributed by atoms with E-state index in [9.17, 15) is 18.0 Å². The molecule has 0 aliphatic rings. The van der Waals surface area contributed by atoms with E-state index in [1.807, 2.05) is 57.2 Å². The standard InChI is InChI=1S/C29H43N3O5S/c1-7-9-18-30-29(34)27(8-2)31(21-24-13-16-26(37-5)17-14-24)28(33)11-10-19-32(38(6,35)36)25-15-12-22(3)23(4)20-25/h12-17,20,27H,7-11,18-19,21H2,1-6H3,(H,30,34)/t27-/m0/s1. The second kappa shape index (κ2) is 14.8. The highest BCUT2D eigenvalue weighted by atomic mass is 32.2. The summed E-state index contributed by atoms with van der Waals surface area (Å²) in [5, 5.41) is 2.96. The maximum atomic E-state index is 13.5. The van der Waals surface area contributed by atoms with Crippen molar-refractivity contribution in [3.8, 4) is 5.75 Å². The molecule has 8 nitrogen and oxygen atoms in total.